The highest BCUT2D eigenvalue weighted by Gasteiger charge is 1.96. The smallest absolute Gasteiger partial charge is 0.213 e. The predicted octanol–water partition coefficient (Wildman–Crippen LogP) is 1.52. The van der Waals surface area contributed by atoms with Crippen molar-refractivity contribution in [3.63, 3.8) is 0 Å². The topological polar surface area (TPSA) is 69.7 Å². The van der Waals surface area contributed by atoms with Crippen LogP contribution in [0.2, 0.25) is 0 Å². The van der Waals surface area contributed by atoms with Gasteiger partial charge < -0.3 is 4.74 Å². The largest absolute Gasteiger partial charge is 0.481 e. The minimum Gasteiger partial charge on any atom is -0.481 e. The third-order valence-corrected chi connectivity index (χ3v) is 1.49. The molecule has 0 aromatic carbocycles. The maximum Gasteiger partial charge on any atom is 0.213 e. The number of allylic oxidation sites excluding steroid dienone is 1. The second-order valence-electron chi connectivity index (χ2n) is 2.39. The van der Waals surface area contributed by atoms with Gasteiger partial charge in [-0.15, -0.1) is 0 Å². The van der Waals surface area contributed by atoms with Crippen LogP contribution < -0.4 is 4.74 Å². The Hall–Kier alpha value is -2.33. The Morgan fingerprint density at radius 3 is 2.71 bits per heavy atom. The first-order valence-corrected chi connectivity index (χ1v) is 3.83. The molecule has 4 nitrogen and oxygen atoms in total. The van der Waals surface area contributed by atoms with Gasteiger partial charge in [-0.1, -0.05) is 6.07 Å². The molecule has 1 aromatic rings. The van der Waals surface area contributed by atoms with Gasteiger partial charge in [-0.05, 0) is 12.1 Å². The molecule has 0 saturated heterocycles. The van der Waals surface area contributed by atoms with Crippen LogP contribution in [0.25, 0.3) is 6.08 Å². The predicted molar refractivity (Wildman–Crippen MR) is 50.0 cm³/mol. The second kappa shape index (κ2) is 4.64. The molecule has 0 radical (unpaired) electrons. The van der Waals surface area contributed by atoms with Gasteiger partial charge in [0.2, 0.25) is 5.88 Å². The van der Waals surface area contributed by atoms with Crippen molar-refractivity contribution in [3.05, 3.63) is 29.5 Å². The second-order valence-corrected chi connectivity index (χ2v) is 2.39. The molecule has 68 valence electrons. The number of rotatable bonds is 2. The van der Waals surface area contributed by atoms with Crippen molar-refractivity contribution in [1.82, 2.24) is 4.98 Å². The maximum atomic E-state index is 8.51. The molecular formula is C10H7N3O. The fourth-order valence-corrected chi connectivity index (χ4v) is 0.862. The number of nitrogens with zero attached hydrogens (tertiary/aromatic N) is 3. The van der Waals surface area contributed by atoms with Crippen LogP contribution in [0.1, 0.15) is 5.69 Å². The van der Waals surface area contributed by atoms with Crippen molar-refractivity contribution >= 4 is 6.08 Å². The molecule has 1 rings (SSSR count). The van der Waals surface area contributed by atoms with Gasteiger partial charge in [0.05, 0.1) is 12.8 Å². The molecule has 0 unspecified atom stereocenters. The maximum absolute atomic E-state index is 8.51. The number of methoxy groups -OCH3 is 1. The number of nitriles is 2. The summed E-state index contributed by atoms with van der Waals surface area (Å²) in [4.78, 5) is 4.03. The average molecular weight is 185 g/mol. The monoisotopic (exact) mass is 185 g/mol. The Labute approximate surface area is 81.7 Å². The van der Waals surface area contributed by atoms with E-state index < -0.39 is 0 Å². The highest BCUT2D eigenvalue weighted by molar-refractivity contribution is 5.59. The van der Waals surface area contributed by atoms with Crippen molar-refractivity contribution in [2.24, 2.45) is 0 Å². The Morgan fingerprint density at radius 1 is 1.43 bits per heavy atom. The SMILES string of the molecule is COc1cccc(C=C(C#N)C#N)n1. The Bertz CT molecular complexity index is 421. The normalized spacial score (nSPS) is 8.21. The van der Waals surface area contributed by atoms with Crippen molar-refractivity contribution < 1.29 is 4.74 Å². The summed E-state index contributed by atoms with van der Waals surface area (Å²) in [6.07, 6.45) is 1.41. The summed E-state index contributed by atoms with van der Waals surface area (Å²) in [5, 5.41) is 17.0. The Kier molecular flexibility index (Phi) is 3.23. The average Bonchev–Trinajstić information content (AvgIpc) is 2.26. The molecule has 14 heavy (non-hydrogen) atoms. The van der Waals surface area contributed by atoms with Crippen LogP contribution in [0.3, 0.4) is 0 Å². The van der Waals surface area contributed by atoms with Crippen LogP contribution in [0, 0.1) is 22.7 Å². The molecule has 1 aromatic heterocycles. The zero-order chi connectivity index (χ0) is 10.4. The summed E-state index contributed by atoms with van der Waals surface area (Å²) >= 11 is 0. The lowest BCUT2D eigenvalue weighted by atomic mass is 10.2. The number of ether oxygens (including phenoxy) is 1. The zero-order valence-corrected chi connectivity index (χ0v) is 7.56. The van der Waals surface area contributed by atoms with Crippen LogP contribution in [-0.4, -0.2) is 12.1 Å². The lowest BCUT2D eigenvalue weighted by molar-refractivity contribution is 0.397. The highest BCUT2D eigenvalue weighted by Crippen LogP contribution is 2.09. The lowest BCUT2D eigenvalue weighted by Gasteiger charge is -1.98. The molecule has 0 atom stereocenters. The molecule has 0 saturated carbocycles. The van der Waals surface area contributed by atoms with E-state index in [4.69, 9.17) is 15.3 Å². The van der Waals surface area contributed by atoms with Gasteiger partial charge in [0.15, 0.2) is 0 Å². The van der Waals surface area contributed by atoms with Crippen LogP contribution in [0.4, 0.5) is 0 Å². The summed E-state index contributed by atoms with van der Waals surface area (Å²) in [6, 6.07) is 8.64. The molecule has 0 spiro atoms. The first-order chi connectivity index (χ1) is 6.80. The molecule has 0 fully saturated rings. The molecule has 0 N–H and O–H groups in total. The summed E-state index contributed by atoms with van der Waals surface area (Å²) in [7, 11) is 1.51. The van der Waals surface area contributed by atoms with Crippen molar-refractivity contribution in [2.45, 2.75) is 0 Å². The molecule has 0 aliphatic heterocycles. The summed E-state index contributed by atoms with van der Waals surface area (Å²) in [5.41, 5.74) is 0.549. The number of hydrogen-bond acceptors (Lipinski definition) is 4. The van der Waals surface area contributed by atoms with E-state index in [0.29, 0.717) is 11.6 Å². The standard InChI is InChI=1S/C10H7N3O/c1-14-10-4-2-3-9(13-10)5-8(6-11)7-12/h2-5H,1H3. The fraction of sp³-hybridized carbons (Fsp3) is 0.100. The van der Waals surface area contributed by atoms with Gasteiger partial charge >= 0.3 is 0 Å². The molecule has 4 heteroatoms. The Morgan fingerprint density at radius 2 is 2.14 bits per heavy atom. The van der Waals surface area contributed by atoms with Crippen LogP contribution in [0.5, 0.6) is 5.88 Å². The third kappa shape index (κ3) is 2.33. The fourth-order valence-electron chi connectivity index (χ4n) is 0.862. The van der Waals surface area contributed by atoms with E-state index in [2.05, 4.69) is 4.98 Å². The summed E-state index contributed by atoms with van der Waals surface area (Å²) < 4.78 is 4.90. The molecule has 1 heterocycles. The van der Waals surface area contributed by atoms with E-state index in [1.54, 1.807) is 30.3 Å². The minimum absolute atomic E-state index is 0.0192. The van der Waals surface area contributed by atoms with Crippen molar-refractivity contribution in [1.29, 1.82) is 10.5 Å². The molecule has 0 amide bonds. The van der Waals surface area contributed by atoms with Gasteiger partial charge in [0.25, 0.3) is 0 Å². The van der Waals surface area contributed by atoms with Crippen LogP contribution in [0.15, 0.2) is 23.8 Å². The van der Waals surface area contributed by atoms with Gasteiger partial charge in [0.1, 0.15) is 17.7 Å². The van der Waals surface area contributed by atoms with E-state index >= 15 is 0 Å². The first-order valence-electron chi connectivity index (χ1n) is 3.83. The molecule has 0 aliphatic rings. The molecule has 0 aliphatic carbocycles. The first kappa shape index (κ1) is 9.76. The van der Waals surface area contributed by atoms with Crippen LogP contribution >= 0.6 is 0 Å². The Balaban J connectivity index is 3.05. The third-order valence-electron chi connectivity index (χ3n) is 1.49. The van der Waals surface area contributed by atoms with Crippen molar-refractivity contribution in [3.8, 4) is 18.0 Å². The van der Waals surface area contributed by atoms with Crippen LogP contribution in [-0.2, 0) is 0 Å². The zero-order valence-electron chi connectivity index (χ0n) is 7.56. The number of pyridine rings is 1. The summed E-state index contributed by atoms with van der Waals surface area (Å²) in [6.45, 7) is 0. The van der Waals surface area contributed by atoms with Gasteiger partial charge in [0, 0.05) is 6.07 Å². The lowest BCUT2D eigenvalue weighted by Crippen LogP contribution is -1.88. The van der Waals surface area contributed by atoms with Gasteiger partial charge in [-0.25, -0.2) is 4.98 Å². The van der Waals surface area contributed by atoms with E-state index in [-0.39, 0.29) is 5.57 Å². The highest BCUT2D eigenvalue weighted by atomic mass is 16.5. The number of hydrogen-bond donors (Lipinski definition) is 0. The minimum atomic E-state index is 0.0192. The molecule has 0 bridgehead atoms. The van der Waals surface area contributed by atoms with E-state index in [9.17, 15) is 0 Å². The van der Waals surface area contributed by atoms with E-state index in [0.717, 1.165) is 0 Å². The molecular weight excluding hydrogens is 178 g/mol. The summed E-state index contributed by atoms with van der Waals surface area (Å²) in [5.74, 6) is 0.453. The quantitative estimate of drug-likeness (QED) is 0.655. The van der Waals surface area contributed by atoms with E-state index in [1.807, 2.05) is 0 Å². The van der Waals surface area contributed by atoms with Gasteiger partial charge in [-0.2, -0.15) is 10.5 Å². The van der Waals surface area contributed by atoms with Crippen molar-refractivity contribution in [2.75, 3.05) is 7.11 Å². The van der Waals surface area contributed by atoms with E-state index in [1.165, 1.54) is 13.2 Å². The van der Waals surface area contributed by atoms with Gasteiger partial charge in [-0.3, -0.25) is 0 Å². The number of aromatic nitrogens is 1.